The average molecular weight is 259 g/mol. The van der Waals surface area contributed by atoms with E-state index in [0.29, 0.717) is 19.8 Å². The van der Waals surface area contributed by atoms with Gasteiger partial charge in [0, 0.05) is 12.6 Å². The van der Waals surface area contributed by atoms with Gasteiger partial charge in [0.25, 0.3) is 0 Å². The molecule has 1 saturated heterocycles. The first kappa shape index (κ1) is 12.5. The summed E-state index contributed by atoms with van der Waals surface area (Å²) in [5.41, 5.74) is 0. The van der Waals surface area contributed by atoms with Crippen molar-refractivity contribution in [3.63, 3.8) is 0 Å². The number of halogens is 1. The van der Waals surface area contributed by atoms with Crippen LogP contribution in [-0.2, 0) is 14.6 Å². The maximum Gasteiger partial charge on any atom is 0.179 e. The fraction of sp³-hybridized carbons (Fsp3) is 0.455. The summed E-state index contributed by atoms with van der Waals surface area (Å²) in [6.45, 7) is 1.65. The van der Waals surface area contributed by atoms with Gasteiger partial charge in [-0.3, -0.25) is 0 Å². The number of hydrogen-bond donors (Lipinski definition) is 1. The zero-order valence-corrected chi connectivity index (χ0v) is 10.0. The Morgan fingerprint density at radius 3 is 2.65 bits per heavy atom. The van der Waals surface area contributed by atoms with Crippen molar-refractivity contribution in [1.82, 2.24) is 5.32 Å². The highest BCUT2D eigenvalue weighted by molar-refractivity contribution is 7.91. The van der Waals surface area contributed by atoms with Crippen molar-refractivity contribution in [3.8, 4) is 0 Å². The van der Waals surface area contributed by atoms with Crippen LogP contribution in [0.2, 0.25) is 0 Å². The molecule has 1 aliphatic rings. The smallest absolute Gasteiger partial charge is 0.179 e. The molecule has 1 aliphatic heterocycles. The molecule has 17 heavy (non-hydrogen) atoms. The maximum atomic E-state index is 12.7. The second-order valence-electron chi connectivity index (χ2n) is 3.96. The van der Waals surface area contributed by atoms with E-state index in [1.54, 1.807) is 0 Å². The molecule has 0 radical (unpaired) electrons. The van der Waals surface area contributed by atoms with Crippen LogP contribution in [0.15, 0.2) is 29.2 Å². The molecule has 1 atom stereocenters. The minimum absolute atomic E-state index is 0.0291. The molecule has 0 amide bonds. The highest BCUT2D eigenvalue weighted by Crippen LogP contribution is 2.13. The van der Waals surface area contributed by atoms with Crippen LogP contribution < -0.4 is 5.32 Å². The lowest BCUT2D eigenvalue weighted by molar-refractivity contribution is 0.0832. The fourth-order valence-electron chi connectivity index (χ4n) is 1.73. The van der Waals surface area contributed by atoms with Crippen LogP contribution in [0, 0.1) is 5.82 Å². The van der Waals surface area contributed by atoms with E-state index in [9.17, 15) is 12.8 Å². The van der Waals surface area contributed by atoms with Gasteiger partial charge >= 0.3 is 0 Å². The van der Waals surface area contributed by atoms with Gasteiger partial charge in [0.2, 0.25) is 0 Å². The average Bonchev–Trinajstić information content (AvgIpc) is 2.30. The first-order chi connectivity index (χ1) is 8.08. The highest BCUT2D eigenvalue weighted by Gasteiger charge is 2.22. The summed E-state index contributed by atoms with van der Waals surface area (Å²) in [4.78, 5) is 0.145. The van der Waals surface area contributed by atoms with Crippen molar-refractivity contribution in [2.45, 2.75) is 10.9 Å². The minimum Gasteiger partial charge on any atom is -0.378 e. The van der Waals surface area contributed by atoms with E-state index in [0.717, 1.165) is 12.1 Å². The van der Waals surface area contributed by atoms with Crippen LogP contribution in [0.1, 0.15) is 0 Å². The molecule has 1 fully saturated rings. The molecule has 1 aromatic carbocycles. The third-order valence-electron chi connectivity index (χ3n) is 2.59. The van der Waals surface area contributed by atoms with Crippen molar-refractivity contribution >= 4 is 9.84 Å². The Hall–Kier alpha value is -0.980. The molecule has 0 aromatic heterocycles. The van der Waals surface area contributed by atoms with Gasteiger partial charge in [0.1, 0.15) is 5.82 Å². The Balaban J connectivity index is 2.10. The molecule has 0 aliphatic carbocycles. The molecule has 4 nitrogen and oxygen atoms in total. The molecule has 94 valence electrons. The van der Waals surface area contributed by atoms with Crippen molar-refractivity contribution in [2.75, 3.05) is 25.5 Å². The number of benzene rings is 1. The second-order valence-corrected chi connectivity index (χ2v) is 6.00. The molecule has 0 saturated carbocycles. The van der Waals surface area contributed by atoms with E-state index in [4.69, 9.17) is 4.74 Å². The standard InChI is InChI=1S/C11H14FNO3S/c12-9-1-3-11(4-2-9)17(14,15)8-10-7-16-6-5-13-10/h1-4,10,13H,5-8H2. The van der Waals surface area contributed by atoms with Crippen LogP contribution >= 0.6 is 0 Å². The van der Waals surface area contributed by atoms with E-state index in [2.05, 4.69) is 5.32 Å². The Labute approximate surface area is 99.7 Å². The van der Waals surface area contributed by atoms with E-state index < -0.39 is 15.7 Å². The molecule has 1 N–H and O–H groups in total. The number of rotatable bonds is 3. The third-order valence-corrected chi connectivity index (χ3v) is 4.42. The van der Waals surface area contributed by atoms with E-state index in [-0.39, 0.29) is 16.7 Å². The van der Waals surface area contributed by atoms with Gasteiger partial charge in [-0.2, -0.15) is 0 Å². The summed E-state index contributed by atoms with van der Waals surface area (Å²) in [5, 5.41) is 3.08. The zero-order valence-electron chi connectivity index (χ0n) is 9.23. The van der Waals surface area contributed by atoms with Crippen molar-refractivity contribution < 1.29 is 17.5 Å². The van der Waals surface area contributed by atoms with Gasteiger partial charge < -0.3 is 10.1 Å². The quantitative estimate of drug-likeness (QED) is 0.807. The molecule has 1 aromatic rings. The monoisotopic (exact) mass is 259 g/mol. The summed E-state index contributed by atoms with van der Waals surface area (Å²) < 4.78 is 41.9. The number of ether oxygens (including phenoxy) is 1. The Morgan fingerprint density at radius 1 is 1.35 bits per heavy atom. The summed E-state index contributed by atoms with van der Waals surface area (Å²) in [6, 6.07) is 4.68. The zero-order chi connectivity index (χ0) is 12.3. The van der Waals surface area contributed by atoms with Crippen molar-refractivity contribution in [2.24, 2.45) is 0 Å². The lowest BCUT2D eigenvalue weighted by Crippen LogP contribution is -2.45. The molecular weight excluding hydrogens is 245 g/mol. The van der Waals surface area contributed by atoms with Gasteiger partial charge in [0.15, 0.2) is 9.84 Å². The van der Waals surface area contributed by atoms with Crippen LogP contribution in [0.3, 0.4) is 0 Å². The van der Waals surface area contributed by atoms with E-state index in [1.165, 1.54) is 12.1 Å². The van der Waals surface area contributed by atoms with Crippen molar-refractivity contribution in [3.05, 3.63) is 30.1 Å². The van der Waals surface area contributed by atoms with Crippen LogP contribution in [0.25, 0.3) is 0 Å². The summed E-state index contributed by atoms with van der Waals surface area (Å²) in [6.07, 6.45) is 0. The normalized spacial score (nSPS) is 21.4. The van der Waals surface area contributed by atoms with Crippen molar-refractivity contribution in [1.29, 1.82) is 0 Å². The molecule has 1 unspecified atom stereocenters. The topological polar surface area (TPSA) is 55.4 Å². The minimum atomic E-state index is -3.39. The Kier molecular flexibility index (Phi) is 3.76. The number of morpholine rings is 1. The summed E-state index contributed by atoms with van der Waals surface area (Å²) in [5.74, 6) is -0.471. The number of hydrogen-bond acceptors (Lipinski definition) is 4. The summed E-state index contributed by atoms with van der Waals surface area (Å²) in [7, 11) is -3.39. The number of sulfone groups is 1. The first-order valence-corrected chi connectivity index (χ1v) is 7.02. The van der Waals surface area contributed by atoms with E-state index >= 15 is 0 Å². The van der Waals surface area contributed by atoms with Gasteiger partial charge in [-0.05, 0) is 24.3 Å². The number of nitrogens with one attached hydrogen (secondary N) is 1. The van der Waals surface area contributed by atoms with Gasteiger partial charge in [-0.25, -0.2) is 12.8 Å². The molecule has 1 heterocycles. The van der Waals surface area contributed by atoms with Gasteiger partial charge in [-0.1, -0.05) is 0 Å². The predicted molar refractivity (Wildman–Crippen MR) is 61.1 cm³/mol. The second kappa shape index (κ2) is 5.12. The molecule has 0 bridgehead atoms. The molecule has 0 spiro atoms. The molecular formula is C11H14FNO3S. The lowest BCUT2D eigenvalue weighted by Gasteiger charge is -2.23. The Bertz CT molecular complexity index is 466. The molecule has 6 heteroatoms. The van der Waals surface area contributed by atoms with Gasteiger partial charge in [0.05, 0.1) is 23.9 Å². The third kappa shape index (κ3) is 3.24. The van der Waals surface area contributed by atoms with Crippen LogP contribution in [0.5, 0.6) is 0 Å². The predicted octanol–water partition coefficient (Wildman–Crippen LogP) is 0.588. The maximum absolute atomic E-state index is 12.7. The van der Waals surface area contributed by atoms with Crippen LogP contribution in [-0.4, -0.2) is 40.0 Å². The SMILES string of the molecule is O=S(=O)(CC1COCCN1)c1ccc(F)cc1. The van der Waals surface area contributed by atoms with E-state index in [1.807, 2.05) is 0 Å². The summed E-state index contributed by atoms with van der Waals surface area (Å²) >= 11 is 0. The van der Waals surface area contributed by atoms with Crippen LogP contribution in [0.4, 0.5) is 4.39 Å². The first-order valence-electron chi connectivity index (χ1n) is 5.37. The molecule has 2 rings (SSSR count). The largest absolute Gasteiger partial charge is 0.378 e. The Morgan fingerprint density at radius 2 is 2.06 bits per heavy atom. The van der Waals surface area contributed by atoms with Gasteiger partial charge in [-0.15, -0.1) is 0 Å². The lowest BCUT2D eigenvalue weighted by atomic mass is 10.3. The fourth-order valence-corrected chi connectivity index (χ4v) is 3.22. The highest BCUT2D eigenvalue weighted by atomic mass is 32.2.